The van der Waals surface area contributed by atoms with E-state index in [1.165, 1.54) is 0 Å². The molecule has 0 aliphatic carbocycles. The van der Waals surface area contributed by atoms with Crippen LogP contribution in [0.2, 0.25) is 0 Å². The molecular formula is C26H28N8O. The van der Waals surface area contributed by atoms with E-state index in [-0.39, 0.29) is 12.2 Å². The minimum atomic E-state index is 0.0169. The fourth-order valence-electron chi connectivity index (χ4n) is 4.09. The van der Waals surface area contributed by atoms with Crippen molar-refractivity contribution in [2.24, 2.45) is 0 Å². The Morgan fingerprint density at radius 2 is 1.80 bits per heavy atom. The number of likely N-dealkylation sites (N-methyl/N-ethyl adjacent to an activating group) is 1. The molecular weight excluding hydrogens is 440 g/mol. The van der Waals surface area contributed by atoms with E-state index in [9.17, 15) is 4.79 Å². The third kappa shape index (κ3) is 5.09. The van der Waals surface area contributed by atoms with Gasteiger partial charge in [0.1, 0.15) is 11.6 Å². The van der Waals surface area contributed by atoms with E-state index in [1.54, 1.807) is 37.1 Å². The molecule has 0 radical (unpaired) electrons. The highest BCUT2D eigenvalue weighted by atomic mass is 16.1. The number of hydrogen-bond donors (Lipinski definition) is 0. The molecule has 1 aliphatic rings. The van der Waals surface area contributed by atoms with Crippen molar-refractivity contribution < 1.29 is 4.79 Å². The van der Waals surface area contributed by atoms with Crippen LogP contribution < -0.4 is 9.80 Å². The lowest BCUT2D eigenvalue weighted by Crippen LogP contribution is -2.44. The summed E-state index contributed by atoms with van der Waals surface area (Å²) in [4.78, 5) is 42.0. The van der Waals surface area contributed by atoms with Crippen molar-refractivity contribution in [3.05, 3.63) is 66.5 Å². The van der Waals surface area contributed by atoms with Gasteiger partial charge in [0.2, 0.25) is 0 Å². The zero-order valence-electron chi connectivity index (χ0n) is 20.2. The van der Waals surface area contributed by atoms with Crippen LogP contribution in [0.15, 0.2) is 55.2 Å². The van der Waals surface area contributed by atoms with E-state index in [2.05, 4.69) is 41.8 Å². The minimum Gasteiger partial charge on any atom is -0.361 e. The highest BCUT2D eigenvalue weighted by Gasteiger charge is 2.17. The van der Waals surface area contributed by atoms with Gasteiger partial charge < -0.3 is 14.7 Å². The maximum absolute atomic E-state index is 13.1. The molecule has 1 saturated heterocycles. The summed E-state index contributed by atoms with van der Waals surface area (Å²) in [6, 6.07) is 7.61. The molecule has 4 aromatic rings. The summed E-state index contributed by atoms with van der Waals surface area (Å²) >= 11 is 0. The van der Waals surface area contributed by atoms with Gasteiger partial charge in [-0.1, -0.05) is 0 Å². The largest absolute Gasteiger partial charge is 0.361 e. The molecule has 9 nitrogen and oxygen atoms in total. The lowest BCUT2D eigenvalue weighted by molar-refractivity contribution is 0.0992. The van der Waals surface area contributed by atoms with E-state index in [0.717, 1.165) is 60.0 Å². The number of Topliss-reactive ketones (excluding diaryl/α,β-unsaturated/α-hetero) is 1. The Balaban J connectivity index is 1.36. The maximum atomic E-state index is 13.1. The van der Waals surface area contributed by atoms with Crippen LogP contribution in [-0.4, -0.2) is 82.9 Å². The number of aromatic nitrogens is 5. The number of anilines is 2. The Morgan fingerprint density at radius 3 is 2.60 bits per heavy atom. The number of nitrogens with zero attached hydrogens (tertiary/aromatic N) is 8. The Labute approximate surface area is 204 Å². The van der Waals surface area contributed by atoms with Crippen LogP contribution in [0.25, 0.3) is 22.2 Å². The molecule has 0 bridgehead atoms. The van der Waals surface area contributed by atoms with Crippen molar-refractivity contribution in [1.82, 2.24) is 29.8 Å². The van der Waals surface area contributed by atoms with Gasteiger partial charge in [-0.2, -0.15) is 0 Å². The van der Waals surface area contributed by atoms with Crippen LogP contribution in [0.3, 0.4) is 0 Å². The minimum absolute atomic E-state index is 0.0169. The highest BCUT2D eigenvalue weighted by molar-refractivity contribution is 5.98. The van der Waals surface area contributed by atoms with Crippen LogP contribution in [0.5, 0.6) is 0 Å². The van der Waals surface area contributed by atoms with Crippen molar-refractivity contribution in [1.29, 1.82) is 0 Å². The van der Waals surface area contributed by atoms with Crippen molar-refractivity contribution >= 4 is 28.3 Å². The fourth-order valence-corrected chi connectivity index (χ4v) is 4.09. The smallest absolute Gasteiger partial charge is 0.169 e. The van der Waals surface area contributed by atoms with E-state index >= 15 is 0 Å². The third-order valence-corrected chi connectivity index (χ3v) is 6.24. The lowest BCUT2D eigenvalue weighted by atomic mass is 10.1. The zero-order valence-corrected chi connectivity index (χ0v) is 20.2. The molecule has 1 aliphatic heterocycles. The number of rotatable bonds is 6. The molecule has 0 amide bonds. The second-order valence-corrected chi connectivity index (χ2v) is 9.04. The van der Waals surface area contributed by atoms with Crippen LogP contribution >= 0.6 is 0 Å². The van der Waals surface area contributed by atoms with Crippen LogP contribution in [0.1, 0.15) is 16.1 Å². The second kappa shape index (κ2) is 9.71. The van der Waals surface area contributed by atoms with Crippen molar-refractivity contribution in [3.63, 3.8) is 0 Å². The SMILES string of the molecule is CN1CCN(c2cc(C(=O)Cc3cc4cc(-c5cncc(N(C)C)n5)cnc4cn3)ccn2)CC1. The summed E-state index contributed by atoms with van der Waals surface area (Å²) in [6.45, 7) is 3.79. The molecule has 9 heteroatoms. The van der Waals surface area contributed by atoms with Gasteiger partial charge in [0.15, 0.2) is 5.78 Å². The van der Waals surface area contributed by atoms with E-state index in [0.29, 0.717) is 11.3 Å². The highest BCUT2D eigenvalue weighted by Crippen LogP contribution is 2.23. The number of pyridine rings is 3. The quantitative estimate of drug-likeness (QED) is 0.396. The van der Waals surface area contributed by atoms with Gasteiger partial charge in [0.25, 0.3) is 0 Å². The van der Waals surface area contributed by atoms with Crippen molar-refractivity contribution in [3.8, 4) is 11.3 Å². The molecule has 4 aromatic heterocycles. The first-order valence-electron chi connectivity index (χ1n) is 11.6. The predicted octanol–water partition coefficient (Wildman–Crippen LogP) is 2.73. The van der Waals surface area contributed by atoms with Gasteiger partial charge in [0.05, 0.1) is 36.2 Å². The van der Waals surface area contributed by atoms with Crippen LogP contribution in [-0.2, 0) is 6.42 Å². The monoisotopic (exact) mass is 468 g/mol. The summed E-state index contributed by atoms with van der Waals surface area (Å²) in [5, 5.41) is 0.908. The fraction of sp³-hybridized carbons (Fsp3) is 0.308. The van der Waals surface area contributed by atoms with Gasteiger partial charge in [0, 0.05) is 74.9 Å². The molecule has 5 heterocycles. The first-order chi connectivity index (χ1) is 17.0. The predicted molar refractivity (Wildman–Crippen MR) is 137 cm³/mol. The molecule has 178 valence electrons. The molecule has 0 aromatic carbocycles. The standard InChI is InChI=1S/C26H28N8O/c1-32(2)26-17-27-15-23(31-26)20-10-19-11-21(29-16-22(19)30-14-20)13-24(35)18-4-5-28-25(12-18)34-8-6-33(3)7-9-34/h4-5,10-12,14-17H,6-9,13H2,1-3H3. The molecule has 0 unspecified atom stereocenters. The second-order valence-electron chi connectivity index (χ2n) is 9.04. The Hall–Kier alpha value is -3.98. The van der Waals surface area contributed by atoms with Gasteiger partial charge in [-0.25, -0.2) is 9.97 Å². The Bertz CT molecular complexity index is 1360. The van der Waals surface area contributed by atoms with Gasteiger partial charge >= 0.3 is 0 Å². The van der Waals surface area contributed by atoms with Gasteiger partial charge in [-0.3, -0.25) is 19.7 Å². The molecule has 0 N–H and O–H groups in total. The molecule has 0 atom stereocenters. The maximum Gasteiger partial charge on any atom is 0.169 e. The third-order valence-electron chi connectivity index (χ3n) is 6.24. The average molecular weight is 469 g/mol. The van der Waals surface area contributed by atoms with Crippen LogP contribution in [0, 0.1) is 0 Å². The van der Waals surface area contributed by atoms with E-state index in [4.69, 9.17) is 0 Å². The first kappa shape index (κ1) is 22.8. The van der Waals surface area contributed by atoms with Gasteiger partial charge in [-0.05, 0) is 31.3 Å². The first-order valence-corrected chi connectivity index (χ1v) is 11.6. The lowest BCUT2D eigenvalue weighted by Gasteiger charge is -2.33. The van der Waals surface area contributed by atoms with Crippen LogP contribution in [0.4, 0.5) is 11.6 Å². The Kier molecular flexibility index (Phi) is 6.33. The topological polar surface area (TPSA) is 91.2 Å². The summed E-state index contributed by atoms with van der Waals surface area (Å²) in [7, 11) is 5.98. The molecule has 0 spiro atoms. The zero-order chi connectivity index (χ0) is 24.4. The number of carbonyl (C=O) groups excluding carboxylic acids is 1. The number of carbonyl (C=O) groups is 1. The molecule has 5 rings (SSSR count). The average Bonchev–Trinajstić information content (AvgIpc) is 2.89. The summed E-state index contributed by atoms with van der Waals surface area (Å²) in [6.07, 6.45) is 8.86. The van der Waals surface area contributed by atoms with Crippen molar-refractivity contribution in [2.75, 3.05) is 57.1 Å². The molecule has 35 heavy (non-hydrogen) atoms. The van der Waals surface area contributed by atoms with E-state index < -0.39 is 0 Å². The summed E-state index contributed by atoms with van der Waals surface area (Å²) < 4.78 is 0. The van der Waals surface area contributed by atoms with Crippen molar-refractivity contribution in [2.45, 2.75) is 6.42 Å². The number of fused-ring (bicyclic) bond motifs is 1. The van der Waals surface area contributed by atoms with Gasteiger partial charge in [-0.15, -0.1) is 0 Å². The number of hydrogen-bond acceptors (Lipinski definition) is 9. The number of piperazine rings is 1. The van der Waals surface area contributed by atoms with E-state index in [1.807, 2.05) is 37.2 Å². The number of ketones is 1. The Morgan fingerprint density at radius 1 is 0.971 bits per heavy atom. The normalized spacial score (nSPS) is 14.3. The molecule has 1 fully saturated rings. The summed E-state index contributed by atoms with van der Waals surface area (Å²) in [5.41, 5.74) is 3.73. The summed E-state index contributed by atoms with van der Waals surface area (Å²) in [5.74, 6) is 1.64. The molecule has 0 saturated carbocycles.